The van der Waals surface area contributed by atoms with E-state index in [1.807, 2.05) is 17.9 Å². The number of hydrogen-bond acceptors (Lipinski definition) is 4. The summed E-state index contributed by atoms with van der Waals surface area (Å²) in [4.78, 5) is 37.7. The predicted molar refractivity (Wildman–Crippen MR) is 105 cm³/mol. The Hall–Kier alpha value is -1.65. The van der Waals surface area contributed by atoms with Gasteiger partial charge in [0.15, 0.2) is 5.78 Å². The van der Waals surface area contributed by atoms with Crippen LogP contribution < -0.4 is 0 Å². The van der Waals surface area contributed by atoms with Crippen LogP contribution in [0, 0.1) is 5.92 Å². The lowest BCUT2D eigenvalue weighted by Crippen LogP contribution is -2.32. The van der Waals surface area contributed by atoms with Crippen molar-refractivity contribution in [2.75, 3.05) is 13.2 Å². The van der Waals surface area contributed by atoms with Gasteiger partial charge in [-0.2, -0.15) is 0 Å². The number of carbonyl (C=O) groups is 3. The van der Waals surface area contributed by atoms with Gasteiger partial charge >= 0.3 is 5.97 Å². The zero-order chi connectivity index (χ0) is 19.5. The molecule has 5 nitrogen and oxygen atoms in total. The largest absolute Gasteiger partial charge is 0.466 e. The normalized spacial score (nSPS) is 21.1. The number of ether oxygens (including phenoxy) is 1. The molecule has 1 heterocycles. The minimum absolute atomic E-state index is 0.0737. The molecule has 1 aliphatic carbocycles. The molecule has 2 rings (SSSR count). The summed E-state index contributed by atoms with van der Waals surface area (Å²) >= 11 is 0. The van der Waals surface area contributed by atoms with Crippen molar-refractivity contribution >= 4 is 17.7 Å². The first-order valence-electron chi connectivity index (χ1n) is 10.8. The molecule has 0 aromatic rings. The molecule has 0 aromatic heterocycles. The molecule has 0 aromatic carbocycles. The van der Waals surface area contributed by atoms with Gasteiger partial charge in [0.1, 0.15) is 0 Å². The molecule has 2 aliphatic rings. The van der Waals surface area contributed by atoms with Crippen molar-refractivity contribution in [1.29, 1.82) is 0 Å². The van der Waals surface area contributed by atoms with Gasteiger partial charge in [0.25, 0.3) is 0 Å². The van der Waals surface area contributed by atoms with Crippen molar-refractivity contribution in [1.82, 2.24) is 4.90 Å². The van der Waals surface area contributed by atoms with Crippen LogP contribution in [0.5, 0.6) is 0 Å². The molecule has 1 amide bonds. The highest BCUT2D eigenvalue weighted by atomic mass is 16.5. The van der Waals surface area contributed by atoms with E-state index < -0.39 is 0 Å². The van der Waals surface area contributed by atoms with Crippen LogP contribution in [-0.2, 0) is 19.1 Å². The molecule has 152 valence electrons. The summed E-state index contributed by atoms with van der Waals surface area (Å²) in [6.07, 6.45) is 14.9. The zero-order valence-electron chi connectivity index (χ0n) is 16.8. The highest BCUT2D eigenvalue weighted by Crippen LogP contribution is 2.26. The van der Waals surface area contributed by atoms with Crippen molar-refractivity contribution in [3.05, 3.63) is 12.2 Å². The van der Waals surface area contributed by atoms with E-state index in [1.165, 1.54) is 6.42 Å². The van der Waals surface area contributed by atoms with Crippen LogP contribution in [0.2, 0.25) is 0 Å². The third-order valence-corrected chi connectivity index (χ3v) is 5.70. The first-order valence-corrected chi connectivity index (χ1v) is 10.8. The van der Waals surface area contributed by atoms with Crippen molar-refractivity contribution in [2.24, 2.45) is 5.92 Å². The standard InChI is InChI=1S/C22H35NO4/c1-2-27-22(26)12-8-3-4-9-17-23-19(14-16-21(23)25)13-15-20(24)18-10-6-5-7-11-18/h13,15,18-19H,2-12,14,16-17H2,1H3/t19-/m0/s1. The van der Waals surface area contributed by atoms with Crippen LogP contribution in [-0.4, -0.2) is 41.8 Å². The molecule has 27 heavy (non-hydrogen) atoms. The van der Waals surface area contributed by atoms with Crippen LogP contribution in [0.1, 0.15) is 84.0 Å². The quantitative estimate of drug-likeness (QED) is 0.308. The van der Waals surface area contributed by atoms with E-state index >= 15 is 0 Å². The predicted octanol–water partition coefficient (Wildman–Crippen LogP) is 4.20. The van der Waals surface area contributed by atoms with E-state index in [4.69, 9.17) is 4.74 Å². The number of rotatable bonds is 11. The molecular weight excluding hydrogens is 342 g/mol. The second kappa shape index (κ2) is 11.9. The molecule has 0 spiro atoms. The minimum atomic E-state index is -0.125. The average molecular weight is 378 g/mol. The number of likely N-dealkylation sites (tertiary alicyclic amines) is 1. The number of allylic oxidation sites excluding steroid dienone is 1. The Kier molecular flexibility index (Phi) is 9.57. The Morgan fingerprint density at radius 2 is 1.81 bits per heavy atom. The summed E-state index contributed by atoms with van der Waals surface area (Å²) in [7, 11) is 0. The molecule has 1 saturated heterocycles. The van der Waals surface area contributed by atoms with E-state index in [0.29, 0.717) is 19.4 Å². The van der Waals surface area contributed by atoms with Gasteiger partial charge < -0.3 is 9.64 Å². The third kappa shape index (κ3) is 7.47. The first kappa shape index (κ1) is 21.6. The Labute approximate surface area is 163 Å². The van der Waals surface area contributed by atoms with Gasteiger partial charge in [-0.05, 0) is 45.1 Å². The highest BCUT2D eigenvalue weighted by molar-refractivity contribution is 5.92. The summed E-state index contributed by atoms with van der Waals surface area (Å²) in [6, 6.07) is 0.0737. The van der Waals surface area contributed by atoms with Crippen LogP contribution >= 0.6 is 0 Å². The van der Waals surface area contributed by atoms with Crippen molar-refractivity contribution < 1.29 is 19.1 Å². The maximum atomic E-state index is 12.3. The van der Waals surface area contributed by atoms with Gasteiger partial charge in [0.05, 0.1) is 12.6 Å². The fourth-order valence-corrected chi connectivity index (χ4v) is 4.11. The van der Waals surface area contributed by atoms with E-state index in [1.54, 1.807) is 6.08 Å². The van der Waals surface area contributed by atoms with Gasteiger partial charge in [-0.1, -0.05) is 38.2 Å². The number of carbonyl (C=O) groups excluding carboxylic acids is 3. The monoisotopic (exact) mass is 377 g/mol. The Morgan fingerprint density at radius 3 is 2.56 bits per heavy atom. The number of hydrogen-bond donors (Lipinski definition) is 0. The topological polar surface area (TPSA) is 63.7 Å². The molecule has 1 atom stereocenters. The summed E-state index contributed by atoms with van der Waals surface area (Å²) in [5.41, 5.74) is 0. The summed E-state index contributed by atoms with van der Waals surface area (Å²) in [5, 5.41) is 0. The third-order valence-electron chi connectivity index (χ3n) is 5.70. The van der Waals surface area contributed by atoms with E-state index in [0.717, 1.165) is 64.3 Å². The number of amides is 1. The van der Waals surface area contributed by atoms with Gasteiger partial charge in [0.2, 0.25) is 5.91 Å². The van der Waals surface area contributed by atoms with E-state index in [-0.39, 0.29) is 29.6 Å². The van der Waals surface area contributed by atoms with Crippen LogP contribution in [0.3, 0.4) is 0 Å². The lowest BCUT2D eigenvalue weighted by atomic mass is 9.86. The molecule has 1 aliphatic heterocycles. The van der Waals surface area contributed by atoms with Crippen molar-refractivity contribution in [2.45, 2.75) is 90.0 Å². The minimum Gasteiger partial charge on any atom is -0.466 e. The number of esters is 1. The molecule has 0 bridgehead atoms. The van der Waals surface area contributed by atoms with Crippen molar-refractivity contribution in [3.8, 4) is 0 Å². The van der Waals surface area contributed by atoms with Gasteiger partial charge in [-0.3, -0.25) is 14.4 Å². The Bertz CT molecular complexity index is 522. The van der Waals surface area contributed by atoms with Gasteiger partial charge in [-0.25, -0.2) is 0 Å². The fourth-order valence-electron chi connectivity index (χ4n) is 4.11. The molecule has 1 saturated carbocycles. The highest BCUT2D eigenvalue weighted by Gasteiger charge is 2.29. The van der Waals surface area contributed by atoms with E-state index in [9.17, 15) is 14.4 Å². The lowest BCUT2D eigenvalue weighted by Gasteiger charge is -2.23. The molecule has 0 N–H and O–H groups in total. The molecule has 5 heteroatoms. The lowest BCUT2D eigenvalue weighted by molar-refractivity contribution is -0.143. The van der Waals surface area contributed by atoms with Crippen molar-refractivity contribution in [3.63, 3.8) is 0 Å². The number of nitrogens with zero attached hydrogens (tertiary/aromatic N) is 1. The molecule has 0 radical (unpaired) electrons. The Balaban J connectivity index is 1.68. The zero-order valence-corrected chi connectivity index (χ0v) is 16.8. The van der Waals surface area contributed by atoms with Crippen LogP contribution in [0.4, 0.5) is 0 Å². The van der Waals surface area contributed by atoms with Gasteiger partial charge in [0, 0.05) is 25.3 Å². The Morgan fingerprint density at radius 1 is 1.07 bits per heavy atom. The summed E-state index contributed by atoms with van der Waals surface area (Å²) in [6.45, 7) is 3.00. The molecule has 2 fully saturated rings. The average Bonchev–Trinajstić information content (AvgIpc) is 3.03. The molecular formula is C22H35NO4. The van der Waals surface area contributed by atoms with E-state index in [2.05, 4.69) is 0 Å². The SMILES string of the molecule is CCOC(=O)CCCCCCN1C(=O)CC[C@@H]1C=CC(=O)C1CCCCC1. The van der Waals surface area contributed by atoms with Gasteiger partial charge in [-0.15, -0.1) is 0 Å². The fraction of sp³-hybridized carbons (Fsp3) is 0.773. The first-order chi connectivity index (χ1) is 13.1. The number of unbranched alkanes of at least 4 members (excludes halogenated alkanes) is 3. The smallest absolute Gasteiger partial charge is 0.305 e. The number of ketones is 1. The summed E-state index contributed by atoms with van der Waals surface area (Å²) in [5.74, 6) is 0.509. The van der Waals surface area contributed by atoms with Crippen LogP contribution in [0.25, 0.3) is 0 Å². The second-order valence-corrected chi connectivity index (χ2v) is 7.76. The van der Waals surface area contributed by atoms with Crippen LogP contribution in [0.15, 0.2) is 12.2 Å². The summed E-state index contributed by atoms with van der Waals surface area (Å²) < 4.78 is 4.92. The maximum absolute atomic E-state index is 12.3. The molecule has 0 unspecified atom stereocenters. The second-order valence-electron chi connectivity index (χ2n) is 7.76. The maximum Gasteiger partial charge on any atom is 0.305 e.